The Balaban J connectivity index is 1.66. The second-order valence-electron chi connectivity index (χ2n) is 5.54. The van der Waals surface area contributed by atoms with Crippen LogP contribution in [0.2, 0.25) is 0 Å². The number of hydrogen-bond donors (Lipinski definition) is 1. The molecule has 3 aromatic carbocycles. The Labute approximate surface area is 135 Å². The van der Waals surface area contributed by atoms with E-state index in [-0.39, 0.29) is 12.6 Å². The topological polar surface area (TPSA) is 52.3 Å². The maximum atomic E-state index is 12.1. The molecule has 0 radical (unpaired) electrons. The average molecular weight is 305 g/mol. The van der Waals surface area contributed by atoms with Crippen LogP contribution in [0.25, 0.3) is 10.8 Å². The van der Waals surface area contributed by atoms with Crippen molar-refractivity contribution in [2.75, 3.05) is 0 Å². The summed E-state index contributed by atoms with van der Waals surface area (Å²) in [5.74, 6) is -0.373. The van der Waals surface area contributed by atoms with Crippen molar-refractivity contribution in [2.24, 2.45) is 5.73 Å². The highest BCUT2D eigenvalue weighted by Gasteiger charge is 2.17. The minimum absolute atomic E-state index is 0.253. The van der Waals surface area contributed by atoms with Crippen LogP contribution in [0, 0.1) is 0 Å². The highest BCUT2D eigenvalue weighted by molar-refractivity contribution is 5.86. The van der Waals surface area contributed by atoms with Crippen LogP contribution in [0.5, 0.6) is 0 Å². The quantitative estimate of drug-likeness (QED) is 0.735. The fraction of sp³-hybridized carbons (Fsp3) is 0.150. The molecule has 23 heavy (non-hydrogen) atoms. The molecule has 2 N–H and O–H groups in total. The zero-order valence-electron chi connectivity index (χ0n) is 12.8. The number of rotatable bonds is 5. The lowest BCUT2D eigenvalue weighted by atomic mass is 9.99. The molecule has 3 rings (SSSR count). The summed E-state index contributed by atoms with van der Waals surface area (Å²) < 4.78 is 5.31. The summed E-state index contributed by atoms with van der Waals surface area (Å²) in [6, 6.07) is 23.1. The van der Waals surface area contributed by atoms with E-state index in [1.165, 1.54) is 0 Å². The van der Waals surface area contributed by atoms with E-state index in [0.29, 0.717) is 6.42 Å². The molecule has 0 aliphatic rings. The SMILES string of the molecule is NC(Cc1cccc2ccccc12)C(=O)OCc1ccccc1. The third-order valence-electron chi connectivity index (χ3n) is 3.85. The van der Waals surface area contributed by atoms with E-state index in [4.69, 9.17) is 10.5 Å². The maximum Gasteiger partial charge on any atom is 0.323 e. The van der Waals surface area contributed by atoms with Crippen molar-refractivity contribution < 1.29 is 9.53 Å². The van der Waals surface area contributed by atoms with Gasteiger partial charge in [-0.2, -0.15) is 0 Å². The minimum atomic E-state index is -0.662. The van der Waals surface area contributed by atoms with E-state index >= 15 is 0 Å². The molecule has 0 saturated heterocycles. The molecule has 0 aliphatic carbocycles. The third-order valence-corrected chi connectivity index (χ3v) is 3.85. The van der Waals surface area contributed by atoms with Gasteiger partial charge in [0.1, 0.15) is 12.6 Å². The number of esters is 1. The zero-order chi connectivity index (χ0) is 16.1. The summed E-state index contributed by atoms with van der Waals surface area (Å²) in [4.78, 5) is 12.1. The van der Waals surface area contributed by atoms with Crippen LogP contribution in [-0.4, -0.2) is 12.0 Å². The van der Waals surface area contributed by atoms with Crippen molar-refractivity contribution in [3.8, 4) is 0 Å². The normalized spacial score (nSPS) is 12.0. The maximum absolute atomic E-state index is 12.1. The molecule has 0 saturated carbocycles. The van der Waals surface area contributed by atoms with Gasteiger partial charge in [-0.25, -0.2) is 0 Å². The summed E-state index contributed by atoms with van der Waals surface area (Å²) in [6.45, 7) is 0.253. The number of fused-ring (bicyclic) bond motifs is 1. The Morgan fingerprint density at radius 1 is 0.913 bits per heavy atom. The van der Waals surface area contributed by atoms with Gasteiger partial charge in [0.2, 0.25) is 0 Å². The van der Waals surface area contributed by atoms with Crippen molar-refractivity contribution in [3.63, 3.8) is 0 Å². The lowest BCUT2D eigenvalue weighted by Gasteiger charge is -2.13. The van der Waals surface area contributed by atoms with Crippen molar-refractivity contribution in [1.82, 2.24) is 0 Å². The molecule has 0 heterocycles. The van der Waals surface area contributed by atoms with Gasteiger partial charge in [0.25, 0.3) is 0 Å². The fourth-order valence-corrected chi connectivity index (χ4v) is 2.63. The smallest absolute Gasteiger partial charge is 0.323 e. The van der Waals surface area contributed by atoms with Crippen LogP contribution in [-0.2, 0) is 22.6 Å². The van der Waals surface area contributed by atoms with Crippen LogP contribution < -0.4 is 5.73 Å². The van der Waals surface area contributed by atoms with Crippen LogP contribution in [0.15, 0.2) is 72.8 Å². The molecular weight excluding hydrogens is 286 g/mol. The van der Waals surface area contributed by atoms with Crippen molar-refractivity contribution in [1.29, 1.82) is 0 Å². The predicted molar refractivity (Wildman–Crippen MR) is 91.9 cm³/mol. The average Bonchev–Trinajstić information content (AvgIpc) is 2.61. The largest absolute Gasteiger partial charge is 0.460 e. The second kappa shape index (κ2) is 7.07. The third kappa shape index (κ3) is 3.76. The van der Waals surface area contributed by atoms with Crippen molar-refractivity contribution >= 4 is 16.7 Å². The molecular formula is C20H19NO2. The first kappa shape index (κ1) is 15.3. The highest BCUT2D eigenvalue weighted by atomic mass is 16.5. The van der Waals surface area contributed by atoms with Crippen LogP contribution in [0.4, 0.5) is 0 Å². The minimum Gasteiger partial charge on any atom is -0.460 e. The Morgan fingerprint density at radius 3 is 2.43 bits per heavy atom. The number of benzene rings is 3. The standard InChI is InChI=1S/C20H19NO2/c21-19(20(22)23-14-15-7-2-1-3-8-15)13-17-11-6-10-16-9-4-5-12-18(16)17/h1-12,19H,13-14,21H2. The lowest BCUT2D eigenvalue weighted by Crippen LogP contribution is -2.34. The van der Waals surface area contributed by atoms with Gasteiger partial charge in [-0.1, -0.05) is 72.8 Å². The molecule has 0 fully saturated rings. The Kier molecular flexibility index (Phi) is 4.69. The molecule has 1 unspecified atom stereocenters. The van der Waals surface area contributed by atoms with E-state index < -0.39 is 6.04 Å². The molecule has 0 bridgehead atoms. The number of ether oxygens (including phenoxy) is 1. The van der Waals surface area contributed by atoms with E-state index in [1.54, 1.807) is 0 Å². The van der Waals surface area contributed by atoms with Gasteiger partial charge in [0.15, 0.2) is 0 Å². The molecule has 3 nitrogen and oxygen atoms in total. The fourth-order valence-electron chi connectivity index (χ4n) is 2.63. The lowest BCUT2D eigenvalue weighted by molar-refractivity contribution is -0.146. The van der Waals surface area contributed by atoms with E-state index in [0.717, 1.165) is 21.9 Å². The van der Waals surface area contributed by atoms with E-state index in [2.05, 4.69) is 12.1 Å². The Morgan fingerprint density at radius 2 is 1.61 bits per heavy atom. The Hall–Kier alpha value is -2.65. The summed E-state index contributed by atoms with van der Waals surface area (Å²) >= 11 is 0. The van der Waals surface area contributed by atoms with Gasteiger partial charge in [-0.05, 0) is 28.3 Å². The van der Waals surface area contributed by atoms with E-state index in [9.17, 15) is 4.79 Å². The number of hydrogen-bond acceptors (Lipinski definition) is 3. The summed E-state index contributed by atoms with van der Waals surface area (Å²) in [5.41, 5.74) is 8.05. The Bertz CT molecular complexity index is 794. The second-order valence-corrected chi connectivity index (χ2v) is 5.54. The predicted octanol–water partition coefficient (Wildman–Crippen LogP) is 3.45. The number of carbonyl (C=O) groups excluding carboxylic acids is 1. The molecule has 0 spiro atoms. The molecule has 0 aromatic heterocycles. The van der Waals surface area contributed by atoms with Gasteiger partial charge in [-0.15, -0.1) is 0 Å². The van der Waals surface area contributed by atoms with Crippen molar-refractivity contribution in [3.05, 3.63) is 83.9 Å². The van der Waals surface area contributed by atoms with Gasteiger partial charge < -0.3 is 10.5 Å². The summed E-state index contributed by atoms with van der Waals surface area (Å²) in [6.07, 6.45) is 0.467. The highest BCUT2D eigenvalue weighted by Crippen LogP contribution is 2.19. The molecule has 0 aliphatic heterocycles. The number of carbonyl (C=O) groups is 1. The van der Waals surface area contributed by atoms with E-state index in [1.807, 2.05) is 60.7 Å². The van der Waals surface area contributed by atoms with Crippen LogP contribution in [0.3, 0.4) is 0 Å². The molecule has 3 heteroatoms. The first-order chi connectivity index (χ1) is 11.2. The monoisotopic (exact) mass is 305 g/mol. The number of nitrogens with two attached hydrogens (primary N) is 1. The summed E-state index contributed by atoms with van der Waals surface area (Å²) in [5, 5.41) is 2.27. The molecule has 1 atom stereocenters. The first-order valence-corrected chi connectivity index (χ1v) is 7.67. The van der Waals surface area contributed by atoms with Gasteiger partial charge in [0, 0.05) is 0 Å². The zero-order valence-corrected chi connectivity index (χ0v) is 12.8. The van der Waals surface area contributed by atoms with Crippen molar-refractivity contribution in [2.45, 2.75) is 19.1 Å². The summed E-state index contributed by atoms with van der Waals surface area (Å²) in [7, 11) is 0. The van der Waals surface area contributed by atoms with Gasteiger partial charge in [-0.3, -0.25) is 4.79 Å². The first-order valence-electron chi connectivity index (χ1n) is 7.67. The van der Waals surface area contributed by atoms with Crippen LogP contribution in [0.1, 0.15) is 11.1 Å². The molecule has 3 aromatic rings. The van der Waals surface area contributed by atoms with Crippen LogP contribution >= 0.6 is 0 Å². The molecule has 116 valence electrons. The van der Waals surface area contributed by atoms with Gasteiger partial charge in [0.05, 0.1) is 0 Å². The van der Waals surface area contributed by atoms with Gasteiger partial charge >= 0.3 is 5.97 Å². The molecule has 0 amide bonds.